The topological polar surface area (TPSA) is 68.3 Å². The number of methoxy groups -OCH3 is 1. The van der Waals surface area contributed by atoms with Gasteiger partial charge in [0.05, 0.1) is 23.9 Å². The molecule has 2 aromatic rings. The standard InChI is InChI=1S/C12H9FN2O3S/c1-18-12(17)8-3-2-7(13)4-9(8)15-11(16)10-5-19-6-14-10/h2-6H,1H3,(H,15,16). The van der Waals surface area contributed by atoms with Crippen LogP contribution in [0.5, 0.6) is 0 Å². The predicted molar refractivity (Wildman–Crippen MR) is 67.8 cm³/mol. The van der Waals surface area contributed by atoms with Gasteiger partial charge in [-0.25, -0.2) is 14.2 Å². The summed E-state index contributed by atoms with van der Waals surface area (Å²) in [6.45, 7) is 0. The molecular formula is C12H9FN2O3S. The fraction of sp³-hybridized carbons (Fsp3) is 0.0833. The maximum atomic E-state index is 13.2. The molecular weight excluding hydrogens is 271 g/mol. The highest BCUT2D eigenvalue weighted by molar-refractivity contribution is 7.07. The van der Waals surface area contributed by atoms with Crippen LogP contribution in [0.15, 0.2) is 29.1 Å². The van der Waals surface area contributed by atoms with Gasteiger partial charge >= 0.3 is 5.97 Å². The lowest BCUT2D eigenvalue weighted by atomic mass is 10.1. The molecule has 0 radical (unpaired) electrons. The van der Waals surface area contributed by atoms with Crippen LogP contribution >= 0.6 is 11.3 Å². The quantitative estimate of drug-likeness (QED) is 0.876. The molecule has 7 heteroatoms. The number of aromatic nitrogens is 1. The Bertz CT molecular complexity index is 613. The van der Waals surface area contributed by atoms with Crippen molar-refractivity contribution in [2.24, 2.45) is 0 Å². The zero-order chi connectivity index (χ0) is 13.8. The summed E-state index contributed by atoms with van der Waals surface area (Å²) in [5.74, 6) is -1.74. The Balaban J connectivity index is 2.31. The molecule has 0 aliphatic rings. The lowest BCUT2D eigenvalue weighted by molar-refractivity contribution is 0.0602. The molecule has 1 aromatic carbocycles. The number of halogens is 1. The third-order valence-electron chi connectivity index (χ3n) is 2.30. The van der Waals surface area contributed by atoms with Crippen LogP contribution in [0.1, 0.15) is 20.8 Å². The van der Waals surface area contributed by atoms with Gasteiger partial charge in [-0.1, -0.05) is 0 Å². The van der Waals surface area contributed by atoms with Gasteiger partial charge in [-0.05, 0) is 18.2 Å². The Morgan fingerprint density at radius 2 is 2.21 bits per heavy atom. The van der Waals surface area contributed by atoms with E-state index in [0.29, 0.717) is 0 Å². The maximum absolute atomic E-state index is 13.2. The van der Waals surface area contributed by atoms with E-state index in [9.17, 15) is 14.0 Å². The van der Waals surface area contributed by atoms with E-state index in [4.69, 9.17) is 0 Å². The normalized spacial score (nSPS) is 10.0. The highest BCUT2D eigenvalue weighted by Gasteiger charge is 2.16. The number of amides is 1. The van der Waals surface area contributed by atoms with Gasteiger partial charge in [-0.2, -0.15) is 0 Å². The van der Waals surface area contributed by atoms with Crippen LogP contribution in [0.3, 0.4) is 0 Å². The van der Waals surface area contributed by atoms with E-state index < -0.39 is 17.7 Å². The summed E-state index contributed by atoms with van der Waals surface area (Å²) in [4.78, 5) is 27.1. The summed E-state index contributed by atoms with van der Waals surface area (Å²) >= 11 is 1.26. The SMILES string of the molecule is COC(=O)c1ccc(F)cc1NC(=O)c1cscn1. The Labute approximate surface area is 112 Å². The smallest absolute Gasteiger partial charge is 0.339 e. The molecule has 0 spiro atoms. The van der Waals surface area contributed by atoms with Crippen molar-refractivity contribution in [1.29, 1.82) is 0 Å². The lowest BCUT2D eigenvalue weighted by Crippen LogP contribution is -2.16. The molecule has 2 rings (SSSR count). The number of rotatable bonds is 3. The molecule has 0 aliphatic carbocycles. The average molecular weight is 280 g/mol. The summed E-state index contributed by atoms with van der Waals surface area (Å²) in [6.07, 6.45) is 0. The minimum Gasteiger partial charge on any atom is -0.465 e. The van der Waals surface area contributed by atoms with E-state index in [1.165, 1.54) is 30.0 Å². The number of carbonyl (C=O) groups excluding carboxylic acids is 2. The second kappa shape index (κ2) is 5.57. The van der Waals surface area contributed by atoms with Crippen molar-refractivity contribution in [1.82, 2.24) is 4.98 Å². The maximum Gasteiger partial charge on any atom is 0.339 e. The van der Waals surface area contributed by atoms with Crippen molar-refractivity contribution in [2.45, 2.75) is 0 Å². The van der Waals surface area contributed by atoms with Gasteiger partial charge in [-0.3, -0.25) is 4.79 Å². The van der Waals surface area contributed by atoms with Crippen molar-refractivity contribution in [3.8, 4) is 0 Å². The van der Waals surface area contributed by atoms with Crippen molar-refractivity contribution >= 4 is 28.9 Å². The van der Waals surface area contributed by atoms with E-state index in [-0.39, 0.29) is 16.9 Å². The van der Waals surface area contributed by atoms with Crippen LogP contribution in [0.4, 0.5) is 10.1 Å². The van der Waals surface area contributed by atoms with Crippen LogP contribution in [-0.2, 0) is 4.74 Å². The Hall–Kier alpha value is -2.28. The second-order valence-electron chi connectivity index (χ2n) is 3.51. The molecule has 19 heavy (non-hydrogen) atoms. The number of benzene rings is 1. The molecule has 0 aliphatic heterocycles. The van der Waals surface area contributed by atoms with E-state index in [2.05, 4.69) is 15.0 Å². The minimum atomic E-state index is -0.659. The third-order valence-corrected chi connectivity index (χ3v) is 2.89. The molecule has 1 N–H and O–H groups in total. The van der Waals surface area contributed by atoms with Crippen molar-refractivity contribution in [3.05, 3.63) is 46.2 Å². The van der Waals surface area contributed by atoms with Crippen LogP contribution in [-0.4, -0.2) is 24.0 Å². The molecule has 0 unspecified atom stereocenters. The fourth-order valence-electron chi connectivity index (χ4n) is 1.42. The summed E-state index contributed by atoms with van der Waals surface area (Å²) in [6, 6.07) is 3.42. The molecule has 1 aromatic heterocycles. The Kier molecular flexibility index (Phi) is 3.86. The number of esters is 1. The monoisotopic (exact) mass is 280 g/mol. The Morgan fingerprint density at radius 3 is 2.84 bits per heavy atom. The van der Waals surface area contributed by atoms with Crippen LogP contribution in [0, 0.1) is 5.82 Å². The molecule has 0 saturated carbocycles. The van der Waals surface area contributed by atoms with Gasteiger partial charge in [0.25, 0.3) is 5.91 Å². The van der Waals surface area contributed by atoms with E-state index in [0.717, 1.165) is 12.1 Å². The molecule has 0 bridgehead atoms. The van der Waals surface area contributed by atoms with E-state index in [1.807, 2.05) is 0 Å². The number of carbonyl (C=O) groups is 2. The number of hydrogen-bond donors (Lipinski definition) is 1. The number of anilines is 1. The summed E-state index contributed by atoms with van der Waals surface area (Å²) in [7, 11) is 1.21. The zero-order valence-corrected chi connectivity index (χ0v) is 10.7. The van der Waals surface area contributed by atoms with Crippen molar-refractivity contribution < 1.29 is 18.7 Å². The van der Waals surface area contributed by atoms with Crippen molar-refractivity contribution in [3.63, 3.8) is 0 Å². The number of thiazole rings is 1. The number of nitrogens with one attached hydrogen (secondary N) is 1. The molecule has 0 fully saturated rings. The molecule has 1 amide bonds. The van der Waals surface area contributed by atoms with Gasteiger partial charge < -0.3 is 10.1 Å². The van der Waals surface area contributed by atoms with Crippen molar-refractivity contribution in [2.75, 3.05) is 12.4 Å². The second-order valence-corrected chi connectivity index (χ2v) is 4.23. The van der Waals surface area contributed by atoms with Gasteiger partial charge in [0, 0.05) is 5.38 Å². The number of nitrogens with zero attached hydrogens (tertiary/aromatic N) is 1. The largest absolute Gasteiger partial charge is 0.465 e. The fourth-order valence-corrected chi connectivity index (χ4v) is 1.95. The van der Waals surface area contributed by atoms with Crippen LogP contribution in [0.2, 0.25) is 0 Å². The van der Waals surface area contributed by atoms with E-state index in [1.54, 1.807) is 5.38 Å². The predicted octanol–water partition coefficient (Wildman–Crippen LogP) is 2.32. The zero-order valence-electron chi connectivity index (χ0n) is 9.84. The van der Waals surface area contributed by atoms with E-state index >= 15 is 0 Å². The highest BCUT2D eigenvalue weighted by atomic mass is 32.1. The van der Waals surface area contributed by atoms with Crippen LogP contribution < -0.4 is 5.32 Å². The first kappa shape index (κ1) is 13.2. The van der Waals surface area contributed by atoms with Gasteiger partial charge in [0.2, 0.25) is 0 Å². The molecule has 0 atom stereocenters. The molecule has 0 saturated heterocycles. The first-order chi connectivity index (χ1) is 9.11. The van der Waals surface area contributed by atoms with Gasteiger partial charge in [-0.15, -0.1) is 11.3 Å². The van der Waals surface area contributed by atoms with Gasteiger partial charge in [0.15, 0.2) is 0 Å². The number of ether oxygens (including phenoxy) is 1. The van der Waals surface area contributed by atoms with Gasteiger partial charge in [0.1, 0.15) is 11.5 Å². The minimum absolute atomic E-state index is 0.0462. The molecule has 5 nitrogen and oxygen atoms in total. The average Bonchev–Trinajstić information content (AvgIpc) is 2.92. The first-order valence-electron chi connectivity index (χ1n) is 5.19. The summed E-state index contributed by atoms with van der Waals surface area (Å²) in [5.41, 5.74) is 1.82. The third kappa shape index (κ3) is 2.94. The molecule has 1 heterocycles. The lowest BCUT2D eigenvalue weighted by Gasteiger charge is -2.08. The summed E-state index contributed by atoms with van der Waals surface area (Å²) in [5, 5.41) is 3.98. The number of hydrogen-bond acceptors (Lipinski definition) is 5. The molecule has 98 valence electrons. The first-order valence-corrected chi connectivity index (χ1v) is 6.13. The highest BCUT2D eigenvalue weighted by Crippen LogP contribution is 2.19. The Morgan fingerprint density at radius 1 is 1.42 bits per heavy atom. The van der Waals surface area contributed by atoms with Crippen LogP contribution in [0.25, 0.3) is 0 Å². The summed E-state index contributed by atoms with van der Waals surface area (Å²) < 4.78 is 17.8.